The van der Waals surface area contributed by atoms with Gasteiger partial charge in [-0.1, -0.05) is 23.7 Å². The second-order valence-electron chi connectivity index (χ2n) is 5.74. The van der Waals surface area contributed by atoms with Gasteiger partial charge in [-0.15, -0.1) is 0 Å². The molecule has 0 amide bonds. The van der Waals surface area contributed by atoms with Gasteiger partial charge in [-0.05, 0) is 37.3 Å². The minimum Gasteiger partial charge on any atom is -0.353 e. The number of halogens is 1. The second-order valence-corrected chi connectivity index (χ2v) is 6.18. The van der Waals surface area contributed by atoms with Crippen molar-refractivity contribution < 1.29 is 4.11 Å². The highest BCUT2D eigenvalue weighted by Gasteiger charge is 2.23. The summed E-state index contributed by atoms with van der Waals surface area (Å²) in [4.78, 5) is 8.58. The number of piperazine rings is 1. The van der Waals surface area contributed by atoms with E-state index in [1.165, 1.54) is 4.90 Å². The Morgan fingerprint density at radius 1 is 1.09 bits per heavy atom. The van der Waals surface area contributed by atoms with Crippen LogP contribution < -0.4 is 5.32 Å². The monoisotopic (exact) mass is 330 g/mol. The lowest BCUT2D eigenvalue weighted by Gasteiger charge is -2.34. The number of benzene rings is 2. The summed E-state index contributed by atoms with van der Waals surface area (Å²) < 4.78 is 22.8. The third-order valence-corrected chi connectivity index (χ3v) is 4.44. The van der Waals surface area contributed by atoms with Gasteiger partial charge in [-0.25, -0.2) is 4.99 Å². The number of hydrogen-bond donors (Lipinski definition) is 1. The van der Waals surface area contributed by atoms with Crippen LogP contribution in [-0.4, -0.2) is 48.8 Å². The van der Waals surface area contributed by atoms with Gasteiger partial charge >= 0.3 is 0 Å². The molecular formula is C18H19ClN4. The maximum Gasteiger partial charge on any atom is 0.138 e. The summed E-state index contributed by atoms with van der Waals surface area (Å²) in [5.74, 6) is 0.847. The van der Waals surface area contributed by atoms with Gasteiger partial charge in [0.2, 0.25) is 0 Å². The molecule has 1 saturated heterocycles. The summed E-state index contributed by atoms with van der Waals surface area (Å²) in [6, 6.07) is 13.6. The average Bonchev–Trinajstić information content (AvgIpc) is 2.77. The highest BCUT2D eigenvalue weighted by molar-refractivity contribution is 6.31. The highest BCUT2D eigenvalue weighted by Crippen LogP contribution is 2.36. The molecule has 5 heteroatoms. The normalized spacial score (nSPS) is 20.1. The average molecular weight is 331 g/mol. The summed E-state index contributed by atoms with van der Waals surface area (Å²) in [7, 11) is 0. The van der Waals surface area contributed by atoms with Crippen LogP contribution in [0.2, 0.25) is 5.02 Å². The maximum atomic E-state index is 7.59. The van der Waals surface area contributed by atoms with Crippen molar-refractivity contribution in [2.45, 2.75) is 0 Å². The molecule has 0 aliphatic carbocycles. The van der Waals surface area contributed by atoms with E-state index in [2.05, 4.69) is 10.2 Å². The van der Waals surface area contributed by atoms with Crippen LogP contribution >= 0.6 is 11.6 Å². The Morgan fingerprint density at radius 2 is 1.91 bits per heavy atom. The zero-order valence-electron chi connectivity index (χ0n) is 15.6. The van der Waals surface area contributed by atoms with Crippen molar-refractivity contribution in [1.82, 2.24) is 9.80 Å². The Balaban J connectivity index is 1.72. The highest BCUT2D eigenvalue weighted by atomic mass is 35.5. The van der Waals surface area contributed by atoms with E-state index in [-0.39, 0.29) is 0 Å². The molecule has 0 aromatic heterocycles. The van der Waals surface area contributed by atoms with Crippen LogP contribution in [0.25, 0.3) is 0 Å². The Bertz CT molecular complexity index is 858. The predicted molar refractivity (Wildman–Crippen MR) is 96.4 cm³/mol. The quantitative estimate of drug-likeness (QED) is 0.747. The number of para-hydroxylation sites is 1. The molecular weight excluding hydrogens is 309 g/mol. The molecule has 0 spiro atoms. The van der Waals surface area contributed by atoms with Crippen LogP contribution in [0.5, 0.6) is 0 Å². The smallest absolute Gasteiger partial charge is 0.138 e. The van der Waals surface area contributed by atoms with E-state index in [1.54, 1.807) is 0 Å². The molecule has 0 atom stereocenters. The Morgan fingerprint density at radius 3 is 2.74 bits per heavy atom. The van der Waals surface area contributed by atoms with Crippen molar-refractivity contribution in [2.75, 3.05) is 38.5 Å². The van der Waals surface area contributed by atoms with Crippen LogP contribution in [0.15, 0.2) is 47.5 Å². The van der Waals surface area contributed by atoms with E-state index in [9.17, 15) is 0 Å². The van der Waals surface area contributed by atoms with E-state index < -0.39 is 6.98 Å². The number of nitrogens with one attached hydrogen (secondary N) is 1. The molecule has 4 nitrogen and oxygen atoms in total. The van der Waals surface area contributed by atoms with Gasteiger partial charge in [0.05, 0.1) is 11.4 Å². The van der Waals surface area contributed by atoms with Crippen LogP contribution in [0.4, 0.5) is 17.1 Å². The molecule has 118 valence electrons. The molecule has 0 saturated carbocycles. The SMILES string of the molecule is [2H][13C]([2H])([2H])N1CCN(C2=Nc3cc(Cl)ccc3Nc3ccccc32)CC1. The van der Waals surface area contributed by atoms with Crippen molar-refractivity contribution in [3.63, 3.8) is 0 Å². The summed E-state index contributed by atoms with van der Waals surface area (Å²) in [5.41, 5.74) is 3.66. The van der Waals surface area contributed by atoms with Gasteiger partial charge in [0, 0.05) is 46.6 Å². The van der Waals surface area contributed by atoms with Crippen molar-refractivity contribution in [3.05, 3.63) is 53.1 Å². The minimum atomic E-state index is -2.04. The van der Waals surface area contributed by atoms with Gasteiger partial charge in [0.1, 0.15) is 5.84 Å². The Labute approximate surface area is 145 Å². The number of nitrogens with zero attached hydrogens (tertiary/aromatic N) is 3. The van der Waals surface area contributed by atoms with Crippen LogP contribution in [0.3, 0.4) is 0 Å². The molecule has 0 bridgehead atoms. The lowest BCUT2D eigenvalue weighted by Crippen LogP contribution is -2.47. The fourth-order valence-electron chi connectivity index (χ4n) is 2.97. The van der Waals surface area contributed by atoms with Crippen LogP contribution in [-0.2, 0) is 0 Å². The molecule has 2 aliphatic rings. The summed E-state index contributed by atoms with van der Waals surface area (Å²) in [6.45, 7) is 0.140. The third kappa shape index (κ3) is 2.80. The lowest BCUT2D eigenvalue weighted by atomic mass is 10.1. The zero-order chi connectivity index (χ0) is 18.3. The minimum absolute atomic E-state index is 0.480. The van der Waals surface area contributed by atoms with Crippen molar-refractivity contribution >= 4 is 34.5 Å². The second kappa shape index (κ2) is 5.87. The molecule has 0 radical (unpaired) electrons. The van der Waals surface area contributed by atoms with Gasteiger partial charge in [-0.3, -0.25) is 0 Å². The number of anilines is 2. The molecule has 23 heavy (non-hydrogen) atoms. The Hall–Kier alpha value is -2.04. The lowest BCUT2D eigenvalue weighted by molar-refractivity contribution is 0.216. The number of fused-ring (bicyclic) bond motifs is 2. The van der Waals surface area contributed by atoms with E-state index in [0.717, 1.165) is 28.5 Å². The fraction of sp³-hybridized carbons (Fsp3) is 0.278. The number of rotatable bonds is 0. The molecule has 4 rings (SSSR count). The first kappa shape index (κ1) is 11.5. The predicted octanol–water partition coefficient (Wildman–Crippen LogP) is 3.72. The molecule has 1 fully saturated rings. The van der Waals surface area contributed by atoms with Gasteiger partial charge < -0.3 is 15.1 Å². The van der Waals surface area contributed by atoms with Gasteiger partial charge in [-0.2, -0.15) is 0 Å². The van der Waals surface area contributed by atoms with Crippen molar-refractivity contribution in [1.29, 1.82) is 0 Å². The number of hydrogen-bond acceptors (Lipinski definition) is 4. The Kier molecular flexibility index (Phi) is 2.93. The molecule has 0 unspecified atom stereocenters. The number of amidine groups is 1. The van der Waals surface area contributed by atoms with E-state index in [1.807, 2.05) is 42.5 Å². The molecule has 2 aliphatic heterocycles. The molecule has 2 aromatic carbocycles. The molecule has 1 N–H and O–H groups in total. The first-order valence-corrected chi connectivity index (χ1v) is 8.04. The van der Waals surface area contributed by atoms with E-state index >= 15 is 0 Å². The van der Waals surface area contributed by atoms with Crippen molar-refractivity contribution in [3.8, 4) is 0 Å². The van der Waals surface area contributed by atoms with Crippen LogP contribution in [0.1, 0.15) is 9.68 Å². The van der Waals surface area contributed by atoms with Crippen LogP contribution in [0, 0.1) is 0 Å². The summed E-state index contributed by atoms with van der Waals surface area (Å²) >= 11 is 6.16. The topological polar surface area (TPSA) is 30.9 Å². The molecule has 2 aromatic rings. The number of aliphatic imine (C=N–C) groups is 1. The third-order valence-electron chi connectivity index (χ3n) is 4.20. The first-order valence-electron chi connectivity index (χ1n) is 9.16. The maximum absolute atomic E-state index is 7.59. The van der Waals surface area contributed by atoms with Crippen molar-refractivity contribution in [2.24, 2.45) is 4.99 Å². The van der Waals surface area contributed by atoms with Gasteiger partial charge in [0.25, 0.3) is 0 Å². The number of likely N-dealkylation sites (N-methyl/N-ethyl adjacent to an activating group) is 1. The molecule has 2 heterocycles. The fourth-order valence-corrected chi connectivity index (χ4v) is 3.14. The van der Waals surface area contributed by atoms with E-state index in [0.29, 0.717) is 31.2 Å². The van der Waals surface area contributed by atoms with E-state index in [4.69, 9.17) is 20.7 Å². The zero-order valence-corrected chi connectivity index (χ0v) is 13.3. The van der Waals surface area contributed by atoms with Gasteiger partial charge in [0.15, 0.2) is 0 Å². The summed E-state index contributed by atoms with van der Waals surface area (Å²) in [6.07, 6.45) is 0. The first-order chi connectivity index (χ1) is 12.4. The largest absolute Gasteiger partial charge is 0.353 e. The summed E-state index contributed by atoms with van der Waals surface area (Å²) in [5, 5.41) is 4.06. The standard InChI is InChI=1S/C18H19ClN4/c1-22-8-10-23(11-9-22)18-14-4-2-3-5-15(14)20-16-7-6-13(19)12-17(16)21-18/h2-7,12,20H,8-11H2,1H3/i1+1D3.